The molecule has 0 radical (unpaired) electrons. The summed E-state index contributed by atoms with van der Waals surface area (Å²) in [6.45, 7) is 0.473. The Kier molecular flexibility index (Phi) is 8.50. The van der Waals surface area contributed by atoms with Gasteiger partial charge in [-0.2, -0.15) is 0 Å². The number of carbonyl (C=O) groups excluding carboxylic acids is 2. The van der Waals surface area contributed by atoms with Gasteiger partial charge < -0.3 is 14.1 Å². The molecule has 2 unspecified atom stereocenters. The predicted molar refractivity (Wildman–Crippen MR) is 167 cm³/mol. The number of hydrogen-bond acceptors (Lipinski definition) is 4. The zero-order valence-corrected chi connectivity index (χ0v) is 24.3. The number of fused-ring (bicyclic) bond motifs is 1. The summed E-state index contributed by atoms with van der Waals surface area (Å²) in [6.07, 6.45) is 6.58. The number of hydrogen-bond donors (Lipinski definition) is 0. The Morgan fingerprint density at radius 1 is 0.814 bits per heavy atom. The van der Waals surface area contributed by atoms with Crippen LogP contribution in [0.2, 0.25) is 0 Å². The first-order chi connectivity index (χ1) is 21.1. The molecule has 4 aromatic carbocycles. The highest BCUT2D eigenvalue weighted by molar-refractivity contribution is 5.91. The molecule has 0 fully saturated rings. The largest absolute Gasteiger partial charge is 0.472 e. The third-order valence-corrected chi connectivity index (χ3v) is 8.43. The molecule has 0 spiro atoms. The summed E-state index contributed by atoms with van der Waals surface area (Å²) in [4.78, 5) is 28.6. The summed E-state index contributed by atoms with van der Waals surface area (Å²) in [6, 6.07) is 36.4. The van der Waals surface area contributed by atoms with Gasteiger partial charge in [0, 0.05) is 12.1 Å². The molecule has 0 saturated carbocycles. The van der Waals surface area contributed by atoms with Gasteiger partial charge in [0.15, 0.2) is 0 Å². The first-order valence-electron chi connectivity index (χ1n) is 14.8. The number of furan rings is 1. The zero-order chi connectivity index (χ0) is 29.6. The van der Waals surface area contributed by atoms with E-state index in [1.807, 2.05) is 54.6 Å². The molecule has 2 atom stereocenters. The Bertz CT molecular complexity index is 1690. The number of amides is 1. The van der Waals surface area contributed by atoms with Gasteiger partial charge in [-0.05, 0) is 76.8 Å². The van der Waals surface area contributed by atoms with Gasteiger partial charge in [-0.3, -0.25) is 4.79 Å². The highest BCUT2D eigenvalue weighted by Crippen LogP contribution is 2.41. The number of carbonyl (C=O) groups is 2. The zero-order valence-electron chi connectivity index (χ0n) is 24.3. The number of esters is 1. The van der Waals surface area contributed by atoms with E-state index in [9.17, 15) is 9.59 Å². The lowest BCUT2D eigenvalue weighted by atomic mass is 9.76. The maximum atomic E-state index is 14.4. The smallest absolute Gasteiger partial charge is 0.337 e. The summed E-state index contributed by atoms with van der Waals surface area (Å²) in [5, 5.41) is 0. The van der Waals surface area contributed by atoms with Crippen LogP contribution >= 0.6 is 0 Å². The lowest BCUT2D eigenvalue weighted by molar-refractivity contribution is -0.135. The van der Waals surface area contributed by atoms with Crippen LogP contribution in [0.1, 0.15) is 50.6 Å². The number of aryl methyl sites for hydroxylation is 1. The van der Waals surface area contributed by atoms with Crippen LogP contribution in [0.3, 0.4) is 0 Å². The van der Waals surface area contributed by atoms with E-state index in [4.69, 9.17) is 9.15 Å². The molecule has 5 nitrogen and oxygen atoms in total. The lowest BCUT2D eigenvalue weighted by Crippen LogP contribution is -2.41. The highest BCUT2D eigenvalue weighted by atomic mass is 16.5. The van der Waals surface area contributed by atoms with Crippen LogP contribution in [-0.2, 0) is 35.3 Å². The van der Waals surface area contributed by atoms with Crippen LogP contribution in [-0.4, -0.2) is 23.9 Å². The van der Waals surface area contributed by atoms with Crippen molar-refractivity contribution in [2.24, 2.45) is 5.92 Å². The minimum absolute atomic E-state index is 0.0625. The van der Waals surface area contributed by atoms with Crippen molar-refractivity contribution in [1.82, 2.24) is 4.90 Å². The van der Waals surface area contributed by atoms with E-state index in [0.717, 1.165) is 41.5 Å². The second-order valence-corrected chi connectivity index (χ2v) is 11.2. The number of benzene rings is 4. The second kappa shape index (κ2) is 13.0. The fourth-order valence-electron chi connectivity index (χ4n) is 6.36. The number of methoxy groups -OCH3 is 1. The molecule has 1 aliphatic rings. The highest BCUT2D eigenvalue weighted by Gasteiger charge is 2.36. The predicted octanol–water partition coefficient (Wildman–Crippen LogP) is 7.85. The van der Waals surface area contributed by atoms with Gasteiger partial charge in [-0.15, -0.1) is 0 Å². The van der Waals surface area contributed by atoms with Crippen molar-refractivity contribution in [3.05, 3.63) is 155 Å². The quantitative estimate of drug-likeness (QED) is 0.170. The Morgan fingerprint density at radius 3 is 2.35 bits per heavy atom. The van der Waals surface area contributed by atoms with Crippen molar-refractivity contribution in [3.63, 3.8) is 0 Å². The monoisotopic (exact) mass is 569 g/mol. The lowest BCUT2D eigenvalue weighted by Gasteiger charge is -2.41. The van der Waals surface area contributed by atoms with Gasteiger partial charge in [-0.1, -0.05) is 91.0 Å². The topological polar surface area (TPSA) is 59.8 Å². The van der Waals surface area contributed by atoms with Gasteiger partial charge in [0.1, 0.15) is 0 Å². The SMILES string of the molecule is COC(=O)c1cccc(-c2cccc(CC(=O)N(Cc3ccoc3)C3c4ccccc4CCC3Cc3ccccc3)c2)c1. The fraction of sp³-hybridized carbons (Fsp3) is 0.211. The van der Waals surface area contributed by atoms with Gasteiger partial charge in [0.05, 0.1) is 37.7 Å². The van der Waals surface area contributed by atoms with E-state index >= 15 is 0 Å². The van der Waals surface area contributed by atoms with Gasteiger partial charge in [-0.25, -0.2) is 4.79 Å². The van der Waals surface area contributed by atoms with Crippen LogP contribution in [0.15, 0.2) is 126 Å². The van der Waals surface area contributed by atoms with Gasteiger partial charge >= 0.3 is 5.97 Å². The number of nitrogens with zero attached hydrogens (tertiary/aromatic N) is 1. The maximum absolute atomic E-state index is 14.4. The minimum Gasteiger partial charge on any atom is -0.472 e. The van der Waals surface area contributed by atoms with Crippen molar-refractivity contribution in [3.8, 4) is 11.1 Å². The van der Waals surface area contributed by atoms with Crippen LogP contribution in [0.5, 0.6) is 0 Å². The fourth-order valence-corrected chi connectivity index (χ4v) is 6.36. The minimum atomic E-state index is -0.374. The van der Waals surface area contributed by atoms with Crippen molar-refractivity contribution < 1.29 is 18.7 Å². The molecule has 216 valence electrons. The van der Waals surface area contributed by atoms with Crippen LogP contribution < -0.4 is 0 Å². The van der Waals surface area contributed by atoms with E-state index in [2.05, 4.69) is 53.4 Å². The molecule has 1 heterocycles. The van der Waals surface area contributed by atoms with Gasteiger partial charge in [0.25, 0.3) is 0 Å². The summed E-state index contributed by atoms with van der Waals surface area (Å²) in [7, 11) is 1.38. The van der Waals surface area contributed by atoms with Crippen LogP contribution in [0.25, 0.3) is 11.1 Å². The molecule has 5 heteroatoms. The first-order valence-corrected chi connectivity index (χ1v) is 14.8. The Balaban J connectivity index is 1.33. The summed E-state index contributed by atoms with van der Waals surface area (Å²) in [5.41, 5.74) is 8.07. The second-order valence-electron chi connectivity index (χ2n) is 11.2. The van der Waals surface area contributed by atoms with Crippen molar-refractivity contribution >= 4 is 11.9 Å². The van der Waals surface area contributed by atoms with Crippen molar-refractivity contribution in [2.45, 2.75) is 38.3 Å². The van der Waals surface area contributed by atoms with Crippen LogP contribution in [0.4, 0.5) is 0 Å². The van der Waals surface area contributed by atoms with E-state index in [0.29, 0.717) is 12.1 Å². The Hall–Kier alpha value is -4.90. The van der Waals surface area contributed by atoms with Crippen LogP contribution in [0, 0.1) is 5.92 Å². The average molecular weight is 570 g/mol. The molecule has 1 amide bonds. The summed E-state index contributed by atoms with van der Waals surface area (Å²) in [5.74, 6) is -0.0251. The third kappa shape index (κ3) is 6.46. The molecule has 0 bridgehead atoms. The summed E-state index contributed by atoms with van der Waals surface area (Å²) < 4.78 is 10.3. The molecular weight excluding hydrogens is 534 g/mol. The molecule has 1 aliphatic carbocycles. The standard InChI is InChI=1S/C38H35NO4/c1-42-38(41)34-15-8-14-32(24-34)31-13-7-11-28(22-31)23-36(40)39(25-29-19-20-43-26-29)37-33(21-27-9-3-2-4-10-27)18-17-30-12-5-6-16-35(30)37/h2-16,19-20,22,24,26,33,37H,17-18,21,23,25H2,1H3. The average Bonchev–Trinajstić information content (AvgIpc) is 3.57. The molecule has 0 N–H and O–H groups in total. The molecule has 43 heavy (non-hydrogen) atoms. The normalized spacial score (nSPS) is 15.8. The maximum Gasteiger partial charge on any atom is 0.337 e. The summed E-state index contributed by atoms with van der Waals surface area (Å²) >= 11 is 0. The Labute approximate surface area is 252 Å². The van der Waals surface area contributed by atoms with Crippen molar-refractivity contribution in [2.75, 3.05) is 7.11 Å². The third-order valence-electron chi connectivity index (χ3n) is 8.43. The molecule has 1 aromatic heterocycles. The first kappa shape index (κ1) is 28.2. The van der Waals surface area contributed by atoms with E-state index in [-0.39, 0.29) is 30.3 Å². The van der Waals surface area contributed by atoms with Crippen molar-refractivity contribution in [1.29, 1.82) is 0 Å². The Morgan fingerprint density at radius 2 is 1.56 bits per heavy atom. The molecule has 6 rings (SSSR count). The number of ether oxygens (including phenoxy) is 1. The molecule has 0 aliphatic heterocycles. The molecule has 5 aromatic rings. The number of rotatable bonds is 9. The van der Waals surface area contributed by atoms with E-state index in [1.165, 1.54) is 23.8 Å². The van der Waals surface area contributed by atoms with E-state index < -0.39 is 0 Å². The molecular formula is C38H35NO4. The van der Waals surface area contributed by atoms with E-state index in [1.54, 1.807) is 18.6 Å². The van der Waals surface area contributed by atoms with Gasteiger partial charge in [0.2, 0.25) is 5.91 Å². The molecule has 0 saturated heterocycles.